The van der Waals surface area contributed by atoms with Crippen LogP contribution in [0.25, 0.3) is 0 Å². The van der Waals surface area contributed by atoms with Gasteiger partial charge in [0.25, 0.3) is 0 Å². The van der Waals surface area contributed by atoms with Crippen LogP contribution in [0.15, 0.2) is 23.0 Å². The Bertz CT molecular complexity index is 553. The lowest BCUT2D eigenvalue weighted by Crippen LogP contribution is -2.36. The first-order chi connectivity index (χ1) is 10.4. The monoisotopic (exact) mass is 304 g/mol. The quantitative estimate of drug-likeness (QED) is 0.572. The van der Waals surface area contributed by atoms with Gasteiger partial charge < -0.3 is 9.47 Å². The van der Waals surface area contributed by atoms with E-state index < -0.39 is 5.79 Å². The summed E-state index contributed by atoms with van der Waals surface area (Å²) in [6.45, 7) is 3.57. The topological polar surface area (TPSA) is 52.6 Å². The van der Waals surface area contributed by atoms with Crippen molar-refractivity contribution in [2.24, 2.45) is 5.92 Å². The van der Waals surface area contributed by atoms with Gasteiger partial charge in [-0.3, -0.25) is 4.79 Å². The Labute approximate surface area is 131 Å². The molecule has 4 nitrogen and oxygen atoms in total. The minimum atomic E-state index is -0.840. The van der Waals surface area contributed by atoms with Crippen molar-refractivity contribution in [1.82, 2.24) is 0 Å². The average Bonchev–Trinajstić information content (AvgIpc) is 3.00. The van der Waals surface area contributed by atoms with Crippen molar-refractivity contribution in [2.45, 2.75) is 71.0 Å². The van der Waals surface area contributed by atoms with Gasteiger partial charge in [-0.25, -0.2) is 4.79 Å². The summed E-state index contributed by atoms with van der Waals surface area (Å²) in [7, 11) is 0. The number of carbonyl (C=O) groups is 2. The first-order valence-corrected chi connectivity index (χ1v) is 8.32. The van der Waals surface area contributed by atoms with E-state index in [1.165, 1.54) is 5.57 Å². The van der Waals surface area contributed by atoms with Crippen molar-refractivity contribution in [3.63, 3.8) is 0 Å². The maximum atomic E-state index is 12.0. The predicted molar refractivity (Wildman–Crippen MR) is 81.8 cm³/mol. The van der Waals surface area contributed by atoms with Gasteiger partial charge in [-0.05, 0) is 44.6 Å². The highest BCUT2D eigenvalue weighted by molar-refractivity contribution is 5.93. The number of esters is 1. The van der Waals surface area contributed by atoms with Crippen LogP contribution < -0.4 is 0 Å². The highest BCUT2D eigenvalue weighted by Gasteiger charge is 2.41. The van der Waals surface area contributed by atoms with E-state index in [0.29, 0.717) is 12.3 Å². The zero-order valence-electron chi connectivity index (χ0n) is 13.4. The molecular weight excluding hydrogens is 280 g/mol. The van der Waals surface area contributed by atoms with Gasteiger partial charge in [0.1, 0.15) is 5.76 Å². The summed E-state index contributed by atoms with van der Waals surface area (Å²) in [6.07, 6.45) is 9.49. The predicted octanol–water partition coefficient (Wildman–Crippen LogP) is 3.81. The number of rotatable bonds is 5. The molecule has 0 amide bonds. The third-order valence-corrected chi connectivity index (χ3v) is 4.71. The van der Waals surface area contributed by atoms with Crippen LogP contribution in [0.4, 0.5) is 0 Å². The van der Waals surface area contributed by atoms with Crippen molar-refractivity contribution in [3.8, 4) is 0 Å². The summed E-state index contributed by atoms with van der Waals surface area (Å²) in [5.74, 6) is 0.450. The summed E-state index contributed by atoms with van der Waals surface area (Å²) >= 11 is 0. The van der Waals surface area contributed by atoms with Crippen molar-refractivity contribution in [2.75, 3.05) is 0 Å². The van der Waals surface area contributed by atoms with Crippen molar-refractivity contribution in [3.05, 3.63) is 23.0 Å². The van der Waals surface area contributed by atoms with Gasteiger partial charge in [0.05, 0.1) is 5.57 Å². The average molecular weight is 304 g/mol. The number of unbranched alkanes of at least 4 members (excludes halogenated alkanes) is 1. The first-order valence-electron chi connectivity index (χ1n) is 8.32. The van der Waals surface area contributed by atoms with Gasteiger partial charge in [-0.15, -0.1) is 0 Å². The lowest BCUT2D eigenvalue weighted by atomic mass is 9.97. The molecule has 0 aromatic carbocycles. The summed E-state index contributed by atoms with van der Waals surface area (Å²) < 4.78 is 11.2. The van der Waals surface area contributed by atoms with E-state index in [-0.39, 0.29) is 11.8 Å². The molecule has 0 aromatic rings. The second-order valence-corrected chi connectivity index (χ2v) is 6.98. The molecule has 4 heteroatoms. The highest BCUT2D eigenvalue weighted by Crippen LogP contribution is 2.42. The van der Waals surface area contributed by atoms with Crippen LogP contribution in [-0.4, -0.2) is 17.5 Å². The van der Waals surface area contributed by atoms with Crippen LogP contribution in [0.5, 0.6) is 0 Å². The second kappa shape index (κ2) is 5.90. The van der Waals surface area contributed by atoms with Crippen molar-refractivity contribution in [1.29, 1.82) is 0 Å². The lowest BCUT2D eigenvalue weighted by Gasteiger charge is -2.33. The molecule has 1 atom stereocenters. The number of allylic oxidation sites excluding steroid dienone is 3. The van der Waals surface area contributed by atoms with E-state index in [2.05, 4.69) is 0 Å². The Balaban J connectivity index is 1.50. The molecule has 1 aliphatic heterocycles. The molecule has 2 aliphatic carbocycles. The van der Waals surface area contributed by atoms with E-state index >= 15 is 0 Å². The minimum absolute atomic E-state index is 0.205. The molecule has 0 aromatic heterocycles. The number of hydrogen-bond donors (Lipinski definition) is 0. The van der Waals surface area contributed by atoms with Gasteiger partial charge in [-0.1, -0.05) is 12.0 Å². The van der Waals surface area contributed by atoms with Crippen molar-refractivity contribution >= 4 is 11.8 Å². The van der Waals surface area contributed by atoms with Gasteiger partial charge in [-0.2, -0.15) is 0 Å². The fourth-order valence-electron chi connectivity index (χ4n) is 3.61. The number of ketones is 1. The summed E-state index contributed by atoms with van der Waals surface area (Å²) in [6, 6.07) is 0. The normalized spacial score (nSPS) is 26.6. The molecule has 0 saturated heterocycles. The van der Waals surface area contributed by atoms with E-state index in [1.807, 2.05) is 6.08 Å². The zero-order valence-corrected chi connectivity index (χ0v) is 13.4. The van der Waals surface area contributed by atoms with Crippen LogP contribution >= 0.6 is 0 Å². The molecule has 1 unspecified atom stereocenters. The minimum Gasteiger partial charge on any atom is -0.456 e. The first kappa shape index (κ1) is 15.3. The Morgan fingerprint density at radius 2 is 1.95 bits per heavy atom. The number of ether oxygens (including phenoxy) is 2. The van der Waals surface area contributed by atoms with E-state index in [1.54, 1.807) is 13.8 Å². The summed E-state index contributed by atoms with van der Waals surface area (Å²) in [5.41, 5.74) is 2.04. The molecule has 3 aliphatic rings. The fourth-order valence-corrected chi connectivity index (χ4v) is 3.61. The standard InChI is InChI=1S/C18H24O4/c1-18(2)21-16-13(8-10-15(16)17(20)22-18)6-4-3-5-12-7-9-14(19)11-12/h11,13H,3-10H2,1-2H3. The molecule has 120 valence electrons. The molecule has 3 rings (SSSR count). The summed E-state index contributed by atoms with van der Waals surface area (Å²) in [4.78, 5) is 23.2. The van der Waals surface area contributed by atoms with Crippen LogP contribution in [0.3, 0.4) is 0 Å². The maximum Gasteiger partial charge on any atom is 0.340 e. The van der Waals surface area contributed by atoms with Crippen molar-refractivity contribution < 1.29 is 19.1 Å². The molecule has 0 bridgehead atoms. The largest absolute Gasteiger partial charge is 0.456 e. The van der Waals surface area contributed by atoms with E-state index in [4.69, 9.17) is 9.47 Å². The third-order valence-electron chi connectivity index (χ3n) is 4.71. The van der Waals surface area contributed by atoms with E-state index in [9.17, 15) is 9.59 Å². The Hall–Kier alpha value is -1.58. The number of hydrogen-bond acceptors (Lipinski definition) is 4. The van der Waals surface area contributed by atoms with Crippen LogP contribution in [-0.2, 0) is 19.1 Å². The van der Waals surface area contributed by atoms with Gasteiger partial charge in [0.2, 0.25) is 5.79 Å². The third kappa shape index (κ3) is 3.26. The smallest absolute Gasteiger partial charge is 0.340 e. The Morgan fingerprint density at radius 3 is 2.68 bits per heavy atom. The lowest BCUT2D eigenvalue weighted by molar-refractivity contribution is -0.209. The SMILES string of the molecule is CC1(C)OC(=O)C2=C(O1)C(CCCCC1=CC(=O)CC1)CC2. The van der Waals surface area contributed by atoms with Gasteiger partial charge in [0.15, 0.2) is 5.78 Å². The number of carbonyl (C=O) groups excluding carboxylic acids is 2. The molecule has 0 fully saturated rings. The van der Waals surface area contributed by atoms with Gasteiger partial charge in [0, 0.05) is 26.2 Å². The van der Waals surface area contributed by atoms with E-state index in [0.717, 1.165) is 56.3 Å². The van der Waals surface area contributed by atoms with Crippen LogP contribution in [0.1, 0.15) is 65.2 Å². The van der Waals surface area contributed by atoms with Gasteiger partial charge >= 0.3 is 5.97 Å². The maximum absolute atomic E-state index is 12.0. The van der Waals surface area contributed by atoms with Crippen LogP contribution in [0, 0.1) is 5.92 Å². The molecule has 0 spiro atoms. The Morgan fingerprint density at radius 1 is 1.14 bits per heavy atom. The molecule has 0 radical (unpaired) electrons. The molecule has 22 heavy (non-hydrogen) atoms. The molecule has 0 N–H and O–H groups in total. The number of cyclic esters (lactones) is 1. The van der Waals surface area contributed by atoms with Crippen LogP contribution in [0.2, 0.25) is 0 Å². The fraction of sp³-hybridized carbons (Fsp3) is 0.667. The molecular formula is C18H24O4. The summed E-state index contributed by atoms with van der Waals surface area (Å²) in [5, 5.41) is 0. The molecule has 1 heterocycles. The Kier molecular flexibility index (Phi) is 4.11. The zero-order chi connectivity index (χ0) is 15.7. The molecule has 0 saturated carbocycles. The second-order valence-electron chi connectivity index (χ2n) is 6.98. The highest BCUT2D eigenvalue weighted by atomic mass is 16.7.